The van der Waals surface area contributed by atoms with E-state index in [-0.39, 0.29) is 5.41 Å². The molecule has 2 nitrogen and oxygen atoms in total. The van der Waals surface area contributed by atoms with E-state index < -0.39 is 5.79 Å². The number of alkyl halides is 1. The molecule has 0 unspecified atom stereocenters. The van der Waals surface area contributed by atoms with Crippen LogP contribution >= 0.6 is 11.6 Å². The average molecular weight is 283 g/mol. The van der Waals surface area contributed by atoms with Crippen LogP contribution in [-0.4, -0.2) is 19.1 Å². The van der Waals surface area contributed by atoms with Crippen LogP contribution in [0.15, 0.2) is 24.3 Å². The summed E-state index contributed by atoms with van der Waals surface area (Å²) in [5.41, 5.74) is 2.54. The molecule has 1 aliphatic rings. The molecule has 19 heavy (non-hydrogen) atoms. The Balaban J connectivity index is 2.27. The summed E-state index contributed by atoms with van der Waals surface area (Å²) in [6.07, 6.45) is 1.63. The van der Waals surface area contributed by atoms with Crippen molar-refractivity contribution in [2.45, 2.75) is 44.8 Å². The van der Waals surface area contributed by atoms with E-state index in [1.54, 1.807) is 0 Å². The van der Waals surface area contributed by atoms with Gasteiger partial charge in [0.25, 0.3) is 0 Å². The molecule has 1 saturated heterocycles. The molecule has 2 rings (SSSR count). The molecule has 106 valence electrons. The first-order chi connectivity index (χ1) is 8.98. The van der Waals surface area contributed by atoms with Crippen LogP contribution in [0, 0.1) is 0 Å². The Bertz CT molecular complexity index is 394. The van der Waals surface area contributed by atoms with Crippen molar-refractivity contribution in [1.29, 1.82) is 0 Å². The molecule has 0 aromatic heterocycles. The summed E-state index contributed by atoms with van der Waals surface area (Å²) in [7, 11) is 0. The number of halogens is 1. The second-order valence-electron chi connectivity index (χ2n) is 6.07. The molecule has 1 aliphatic heterocycles. The zero-order chi connectivity index (χ0) is 13.9. The van der Waals surface area contributed by atoms with Gasteiger partial charge in [0, 0.05) is 17.9 Å². The molecule has 0 amide bonds. The average Bonchev–Trinajstić information content (AvgIpc) is 2.39. The van der Waals surface area contributed by atoms with E-state index in [2.05, 4.69) is 45.0 Å². The van der Waals surface area contributed by atoms with Crippen molar-refractivity contribution in [2.24, 2.45) is 0 Å². The summed E-state index contributed by atoms with van der Waals surface area (Å²) in [5.74, 6) is -0.114. The van der Waals surface area contributed by atoms with Gasteiger partial charge >= 0.3 is 0 Å². The smallest absolute Gasteiger partial charge is 0.195 e. The number of rotatable bonds is 3. The lowest BCUT2D eigenvalue weighted by molar-refractivity contribution is -0.277. The largest absolute Gasteiger partial charge is 0.346 e. The topological polar surface area (TPSA) is 18.5 Å². The maximum atomic E-state index is 5.92. The van der Waals surface area contributed by atoms with Gasteiger partial charge in [0.2, 0.25) is 0 Å². The highest BCUT2D eigenvalue weighted by molar-refractivity contribution is 6.17. The van der Waals surface area contributed by atoms with E-state index in [0.29, 0.717) is 12.3 Å². The minimum Gasteiger partial charge on any atom is -0.346 e. The molecule has 0 aliphatic carbocycles. The molecule has 1 aromatic carbocycles. The van der Waals surface area contributed by atoms with Crippen molar-refractivity contribution in [3.8, 4) is 0 Å². The number of benzene rings is 1. The van der Waals surface area contributed by atoms with Crippen LogP contribution in [0.4, 0.5) is 0 Å². The maximum absolute atomic E-state index is 5.92. The normalized spacial score (nSPS) is 19.4. The lowest BCUT2D eigenvalue weighted by Crippen LogP contribution is -2.38. The van der Waals surface area contributed by atoms with Crippen molar-refractivity contribution < 1.29 is 9.47 Å². The fourth-order valence-electron chi connectivity index (χ4n) is 2.38. The molecule has 1 heterocycles. The van der Waals surface area contributed by atoms with Gasteiger partial charge in [-0.15, -0.1) is 11.6 Å². The Morgan fingerprint density at radius 3 is 2.16 bits per heavy atom. The van der Waals surface area contributed by atoms with Crippen molar-refractivity contribution in [3.05, 3.63) is 35.4 Å². The lowest BCUT2D eigenvalue weighted by atomic mass is 9.86. The zero-order valence-electron chi connectivity index (χ0n) is 12.0. The predicted molar refractivity (Wildman–Crippen MR) is 78.7 cm³/mol. The Morgan fingerprint density at radius 1 is 1.11 bits per heavy atom. The van der Waals surface area contributed by atoms with Crippen molar-refractivity contribution in [1.82, 2.24) is 0 Å². The summed E-state index contributed by atoms with van der Waals surface area (Å²) < 4.78 is 11.8. The van der Waals surface area contributed by atoms with Crippen molar-refractivity contribution >= 4 is 11.6 Å². The first-order valence-corrected chi connectivity index (χ1v) is 7.46. The summed E-state index contributed by atoms with van der Waals surface area (Å²) in [6.45, 7) is 8.11. The highest BCUT2D eigenvalue weighted by atomic mass is 35.5. The summed E-state index contributed by atoms with van der Waals surface area (Å²) in [4.78, 5) is 0. The minimum absolute atomic E-state index is 0.159. The van der Waals surface area contributed by atoms with Gasteiger partial charge in [-0.3, -0.25) is 0 Å². The van der Waals surface area contributed by atoms with Crippen LogP contribution < -0.4 is 0 Å². The molecule has 1 aromatic rings. The van der Waals surface area contributed by atoms with E-state index in [0.717, 1.165) is 25.2 Å². The maximum Gasteiger partial charge on any atom is 0.195 e. The third kappa shape index (κ3) is 3.31. The van der Waals surface area contributed by atoms with Gasteiger partial charge < -0.3 is 9.47 Å². The quantitative estimate of drug-likeness (QED) is 0.774. The SMILES string of the molecule is CC(C)(C)c1ccc(C2(CCCl)OCCCO2)cc1. The second-order valence-corrected chi connectivity index (χ2v) is 6.45. The molecule has 0 radical (unpaired) electrons. The van der Waals surface area contributed by atoms with Crippen molar-refractivity contribution in [3.63, 3.8) is 0 Å². The van der Waals surface area contributed by atoms with Crippen LogP contribution in [-0.2, 0) is 20.7 Å². The van der Waals surface area contributed by atoms with Gasteiger partial charge in [0.1, 0.15) is 0 Å². The van der Waals surface area contributed by atoms with Crippen LogP contribution in [0.25, 0.3) is 0 Å². The van der Waals surface area contributed by atoms with E-state index in [1.165, 1.54) is 5.56 Å². The molecule has 0 N–H and O–H groups in total. The van der Waals surface area contributed by atoms with Gasteiger partial charge in [-0.25, -0.2) is 0 Å². The predicted octanol–water partition coefficient (Wildman–Crippen LogP) is 4.20. The Hall–Kier alpha value is -0.570. The molecule has 3 heteroatoms. The van der Waals surface area contributed by atoms with Crippen LogP contribution in [0.5, 0.6) is 0 Å². The lowest BCUT2D eigenvalue weighted by Gasteiger charge is -2.37. The highest BCUT2D eigenvalue weighted by Crippen LogP contribution is 2.35. The molecule has 0 atom stereocenters. The third-order valence-electron chi connectivity index (χ3n) is 3.57. The molecular weight excluding hydrogens is 260 g/mol. The van der Waals surface area contributed by atoms with Crippen LogP contribution in [0.2, 0.25) is 0 Å². The fraction of sp³-hybridized carbons (Fsp3) is 0.625. The van der Waals surface area contributed by atoms with E-state index >= 15 is 0 Å². The molecule has 0 bridgehead atoms. The van der Waals surface area contributed by atoms with Crippen LogP contribution in [0.1, 0.15) is 44.7 Å². The van der Waals surface area contributed by atoms with Crippen LogP contribution in [0.3, 0.4) is 0 Å². The van der Waals surface area contributed by atoms with Gasteiger partial charge in [0.05, 0.1) is 13.2 Å². The number of hydrogen-bond acceptors (Lipinski definition) is 2. The van der Waals surface area contributed by atoms with E-state index in [1.807, 2.05) is 0 Å². The monoisotopic (exact) mass is 282 g/mol. The summed E-state index contributed by atoms with van der Waals surface area (Å²) in [5, 5.41) is 0. The number of ether oxygens (including phenoxy) is 2. The number of hydrogen-bond donors (Lipinski definition) is 0. The summed E-state index contributed by atoms with van der Waals surface area (Å²) >= 11 is 5.92. The zero-order valence-corrected chi connectivity index (χ0v) is 12.8. The molecule has 0 spiro atoms. The third-order valence-corrected chi connectivity index (χ3v) is 3.76. The standard InChI is InChI=1S/C16H23ClO2/c1-15(2,3)13-5-7-14(8-6-13)16(9-10-17)18-11-4-12-19-16/h5-8H,4,9-12H2,1-3H3. The fourth-order valence-corrected chi connectivity index (χ4v) is 2.63. The first-order valence-electron chi connectivity index (χ1n) is 6.93. The van der Waals surface area contributed by atoms with Crippen molar-refractivity contribution in [2.75, 3.05) is 19.1 Å². The molecule has 1 fully saturated rings. The van der Waals surface area contributed by atoms with Gasteiger partial charge in [-0.1, -0.05) is 45.0 Å². The van der Waals surface area contributed by atoms with Gasteiger partial charge in [-0.05, 0) is 17.4 Å². The van der Waals surface area contributed by atoms with Gasteiger partial charge in [0.15, 0.2) is 5.79 Å². The van der Waals surface area contributed by atoms with Gasteiger partial charge in [-0.2, -0.15) is 0 Å². The summed E-state index contributed by atoms with van der Waals surface area (Å²) in [6, 6.07) is 8.54. The molecule has 0 saturated carbocycles. The Labute approximate surface area is 121 Å². The minimum atomic E-state index is -0.642. The second kappa shape index (κ2) is 5.82. The van der Waals surface area contributed by atoms with E-state index in [9.17, 15) is 0 Å². The Morgan fingerprint density at radius 2 is 1.68 bits per heavy atom. The Kier molecular flexibility index (Phi) is 4.54. The highest BCUT2D eigenvalue weighted by Gasteiger charge is 2.36. The first kappa shape index (κ1) is 14.8. The molecular formula is C16H23ClO2. The van der Waals surface area contributed by atoms with E-state index in [4.69, 9.17) is 21.1 Å².